The minimum absolute atomic E-state index is 0.100. The van der Waals surface area contributed by atoms with Crippen molar-refractivity contribution in [1.29, 1.82) is 0 Å². The number of nitrogens with zero attached hydrogens (tertiary/aromatic N) is 2. The van der Waals surface area contributed by atoms with E-state index in [-0.39, 0.29) is 11.7 Å². The van der Waals surface area contributed by atoms with Gasteiger partial charge in [0.05, 0.1) is 5.69 Å². The molecule has 0 saturated carbocycles. The molecule has 0 bridgehead atoms. The molecule has 3 nitrogen and oxygen atoms in total. The van der Waals surface area contributed by atoms with Crippen molar-refractivity contribution in [1.82, 2.24) is 9.55 Å². The third-order valence-corrected chi connectivity index (χ3v) is 4.74. The fourth-order valence-electron chi connectivity index (χ4n) is 3.64. The Bertz CT molecular complexity index is 716. The van der Waals surface area contributed by atoms with Crippen LogP contribution in [0.3, 0.4) is 0 Å². The van der Waals surface area contributed by atoms with E-state index in [4.69, 9.17) is 0 Å². The van der Waals surface area contributed by atoms with E-state index in [0.29, 0.717) is 0 Å². The lowest BCUT2D eigenvalue weighted by atomic mass is 9.98. The van der Waals surface area contributed by atoms with E-state index in [1.54, 1.807) is 0 Å². The molecular formula is C20H26N2O. The van der Waals surface area contributed by atoms with E-state index < -0.39 is 0 Å². The molecule has 122 valence electrons. The molecule has 1 aromatic carbocycles. The van der Waals surface area contributed by atoms with Crippen molar-refractivity contribution in [2.24, 2.45) is 0 Å². The Hall–Kier alpha value is -1.90. The highest BCUT2D eigenvalue weighted by Gasteiger charge is 2.20. The van der Waals surface area contributed by atoms with Crippen LogP contribution < -0.4 is 5.69 Å². The number of hydrogen-bond donors (Lipinski definition) is 0. The molecule has 0 radical (unpaired) electrons. The highest BCUT2D eigenvalue weighted by atomic mass is 16.1. The number of benzene rings is 1. The van der Waals surface area contributed by atoms with Gasteiger partial charge in [0, 0.05) is 17.3 Å². The van der Waals surface area contributed by atoms with Gasteiger partial charge in [-0.05, 0) is 45.1 Å². The Morgan fingerprint density at radius 3 is 2.30 bits per heavy atom. The van der Waals surface area contributed by atoms with Crippen molar-refractivity contribution in [2.75, 3.05) is 0 Å². The van der Waals surface area contributed by atoms with Gasteiger partial charge in [0.25, 0.3) is 0 Å². The van der Waals surface area contributed by atoms with Gasteiger partial charge in [0.15, 0.2) is 0 Å². The lowest BCUT2D eigenvalue weighted by molar-refractivity contribution is 0.524. The van der Waals surface area contributed by atoms with Gasteiger partial charge in [-0.3, -0.25) is 4.57 Å². The molecule has 1 aliphatic carbocycles. The fourth-order valence-corrected chi connectivity index (χ4v) is 3.64. The third kappa shape index (κ3) is 3.39. The summed E-state index contributed by atoms with van der Waals surface area (Å²) in [4.78, 5) is 17.2. The van der Waals surface area contributed by atoms with Gasteiger partial charge in [0.1, 0.15) is 0 Å². The van der Waals surface area contributed by atoms with Crippen molar-refractivity contribution in [3.8, 4) is 11.3 Å². The van der Waals surface area contributed by atoms with E-state index in [1.165, 1.54) is 36.9 Å². The van der Waals surface area contributed by atoms with Gasteiger partial charge in [-0.15, -0.1) is 0 Å². The third-order valence-electron chi connectivity index (χ3n) is 4.74. The van der Waals surface area contributed by atoms with Crippen molar-refractivity contribution in [3.63, 3.8) is 0 Å². The van der Waals surface area contributed by atoms with Crippen LogP contribution in [0.4, 0.5) is 0 Å². The molecule has 0 unspecified atom stereocenters. The highest BCUT2D eigenvalue weighted by Crippen LogP contribution is 2.28. The molecule has 0 saturated heterocycles. The molecule has 0 aliphatic heterocycles. The summed E-state index contributed by atoms with van der Waals surface area (Å²) in [6.45, 7) is 4.16. The Kier molecular flexibility index (Phi) is 4.94. The lowest BCUT2D eigenvalue weighted by Crippen LogP contribution is -2.30. The summed E-state index contributed by atoms with van der Waals surface area (Å²) in [7, 11) is 0. The molecular weight excluding hydrogens is 284 g/mol. The van der Waals surface area contributed by atoms with E-state index in [9.17, 15) is 4.79 Å². The Balaban J connectivity index is 2.23. The van der Waals surface area contributed by atoms with Crippen molar-refractivity contribution in [3.05, 3.63) is 52.1 Å². The van der Waals surface area contributed by atoms with Crippen LogP contribution in [0.2, 0.25) is 0 Å². The van der Waals surface area contributed by atoms with Crippen molar-refractivity contribution in [2.45, 2.75) is 64.8 Å². The van der Waals surface area contributed by atoms with Gasteiger partial charge in [-0.25, -0.2) is 4.79 Å². The van der Waals surface area contributed by atoms with Gasteiger partial charge in [-0.1, -0.05) is 49.6 Å². The molecule has 3 heteroatoms. The molecule has 1 heterocycles. The van der Waals surface area contributed by atoms with Crippen molar-refractivity contribution >= 4 is 0 Å². The van der Waals surface area contributed by atoms with Gasteiger partial charge in [-0.2, -0.15) is 4.98 Å². The maximum Gasteiger partial charge on any atom is 0.348 e. The second-order valence-corrected chi connectivity index (χ2v) is 6.77. The second kappa shape index (κ2) is 7.12. The first-order valence-corrected chi connectivity index (χ1v) is 8.88. The van der Waals surface area contributed by atoms with Gasteiger partial charge < -0.3 is 0 Å². The van der Waals surface area contributed by atoms with Crippen LogP contribution in [0.15, 0.2) is 35.1 Å². The number of aromatic nitrogens is 2. The normalized spacial score (nSPS) is 15.6. The summed E-state index contributed by atoms with van der Waals surface area (Å²) >= 11 is 0. The average Bonchev–Trinajstić information content (AvgIpc) is 2.66. The smallest absolute Gasteiger partial charge is 0.293 e. The summed E-state index contributed by atoms with van der Waals surface area (Å²) in [6, 6.07) is 10.3. The number of rotatable bonds is 2. The van der Waals surface area contributed by atoms with E-state index in [2.05, 4.69) is 31.0 Å². The predicted octanol–water partition coefficient (Wildman–Crippen LogP) is 4.54. The van der Waals surface area contributed by atoms with E-state index in [0.717, 1.165) is 30.5 Å². The number of hydrogen-bond acceptors (Lipinski definition) is 2. The van der Waals surface area contributed by atoms with Gasteiger partial charge >= 0.3 is 5.69 Å². The van der Waals surface area contributed by atoms with Crippen LogP contribution in [-0.4, -0.2) is 9.55 Å². The molecule has 0 N–H and O–H groups in total. The standard InChI is InChI=1S/C20H26N2O/c1-15(2)22-18-14-10-5-3-4-9-13-17(18)19(21-20(22)23)16-11-7-6-8-12-16/h6-8,11-12,15H,3-5,9-10,13-14H2,1-2H3. The molecule has 1 aliphatic rings. The lowest BCUT2D eigenvalue weighted by Gasteiger charge is -2.21. The highest BCUT2D eigenvalue weighted by molar-refractivity contribution is 5.63. The molecule has 0 amide bonds. The first-order valence-electron chi connectivity index (χ1n) is 8.88. The van der Waals surface area contributed by atoms with Crippen LogP contribution in [0.25, 0.3) is 11.3 Å². The maximum atomic E-state index is 12.7. The second-order valence-electron chi connectivity index (χ2n) is 6.77. The zero-order chi connectivity index (χ0) is 16.2. The molecule has 2 aromatic rings. The Morgan fingerprint density at radius 1 is 0.957 bits per heavy atom. The zero-order valence-corrected chi connectivity index (χ0v) is 14.2. The zero-order valence-electron chi connectivity index (χ0n) is 14.2. The quantitative estimate of drug-likeness (QED) is 0.816. The van der Waals surface area contributed by atoms with Crippen LogP contribution in [-0.2, 0) is 12.8 Å². The molecule has 1 aromatic heterocycles. The minimum atomic E-state index is -0.100. The Labute approximate surface area is 138 Å². The average molecular weight is 310 g/mol. The topological polar surface area (TPSA) is 34.9 Å². The predicted molar refractivity (Wildman–Crippen MR) is 94.8 cm³/mol. The van der Waals surface area contributed by atoms with Gasteiger partial charge in [0.2, 0.25) is 0 Å². The summed E-state index contributed by atoms with van der Waals surface area (Å²) in [6.07, 6.45) is 8.20. The first kappa shape index (κ1) is 16.0. The maximum absolute atomic E-state index is 12.7. The fraction of sp³-hybridized carbons (Fsp3) is 0.500. The first-order chi connectivity index (χ1) is 11.2. The molecule has 23 heavy (non-hydrogen) atoms. The molecule has 3 rings (SSSR count). The van der Waals surface area contributed by atoms with Crippen LogP contribution in [0, 0.1) is 0 Å². The number of fused-ring (bicyclic) bond motifs is 1. The SMILES string of the molecule is CC(C)n1c2c(c(-c3ccccc3)nc1=O)CCCCCCC2. The van der Waals surface area contributed by atoms with Crippen LogP contribution >= 0.6 is 0 Å². The summed E-state index contributed by atoms with van der Waals surface area (Å²) < 4.78 is 1.92. The van der Waals surface area contributed by atoms with Crippen molar-refractivity contribution < 1.29 is 0 Å². The molecule has 0 spiro atoms. The molecule has 0 atom stereocenters. The monoisotopic (exact) mass is 310 g/mol. The summed E-state index contributed by atoms with van der Waals surface area (Å²) in [5, 5.41) is 0. The van der Waals surface area contributed by atoms with Crippen LogP contribution in [0.1, 0.15) is 63.3 Å². The molecule has 0 fully saturated rings. The van der Waals surface area contributed by atoms with E-state index >= 15 is 0 Å². The largest absolute Gasteiger partial charge is 0.348 e. The minimum Gasteiger partial charge on any atom is -0.293 e. The summed E-state index contributed by atoms with van der Waals surface area (Å²) in [5.41, 5.74) is 4.39. The Morgan fingerprint density at radius 2 is 1.61 bits per heavy atom. The summed E-state index contributed by atoms with van der Waals surface area (Å²) in [5.74, 6) is 0. The van der Waals surface area contributed by atoms with E-state index in [1.807, 2.05) is 22.8 Å². The van der Waals surface area contributed by atoms with Crippen LogP contribution in [0.5, 0.6) is 0 Å².